The third-order valence-electron chi connectivity index (χ3n) is 3.87. The van der Waals surface area contributed by atoms with E-state index in [1.807, 2.05) is 0 Å². The van der Waals surface area contributed by atoms with Crippen molar-refractivity contribution in [3.63, 3.8) is 0 Å². The summed E-state index contributed by atoms with van der Waals surface area (Å²) in [7, 11) is 0. The van der Waals surface area contributed by atoms with Crippen molar-refractivity contribution in [2.75, 3.05) is 13.2 Å². The van der Waals surface area contributed by atoms with Crippen molar-refractivity contribution in [3.8, 4) is 0 Å². The summed E-state index contributed by atoms with van der Waals surface area (Å²) in [4.78, 5) is 1.39. The lowest BCUT2D eigenvalue weighted by molar-refractivity contribution is -0.0234. The number of aliphatic hydroxyl groups excluding tert-OH is 1. The molecule has 20 heavy (non-hydrogen) atoms. The zero-order valence-electron chi connectivity index (χ0n) is 12.4. The van der Waals surface area contributed by atoms with Gasteiger partial charge >= 0.3 is 0 Å². The van der Waals surface area contributed by atoms with E-state index in [1.54, 1.807) is 11.3 Å². The fourth-order valence-corrected chi connectivity index (χ4v) is 3.51. The molecule has 1 fully saturated rings. The highest BCUT2D eigenvalue weighted by Gasteiger charge is 2.15. The van der Waals surface area contributed by atoms with Crippen LogP contribution in [0.4, 0.5) is 0 Å². The Bertz CT molecular complexity index is 349. The highest BCUT2D eigenvalue weighted by molar-refractivity contribution is 7.09. The SMILES string of the molecule is CC(Cc1cccs1)NCC(O)COC1CCCCC1. The van der Waals surface area contributed by atoms with E-state index in [-0.39, 0.29) is 0 Å². The van der Waals surface area contributed by atoms with Gasteiger partial charge in [-0.3, -0.25) is 0 Å². The second-order valence-electron chi connectivity index (χ2n) is 5.84. The second kappa shape index (κ2) is 8.78. The molecule has 114 valence electrons. The molecule has 3 nitrogen and oxygen atoms in total. The standard InChI is InChI=1S/C16H27NO2S/c1-13(10-16-8-5-9-20-16)17-11-14(18)12-19-15-6-3-2-4-7-15/h5,8-9,13-15,17-18H,2-4,6-7,10-12H2,1H3. The average Bonchev–Trinajstić information content (AvgIpc) is 2.97. The Hall–Kier alpha value is -0.420. The van der Waals surface area contributed by atoms with Crippen LogP contribution in [-0.2, 0) is 11.2 Å². The maximum atomic E-state index is 9.97. The van der Waals surface area contributed by atoms with E-state index in [0.29, 0.717) is 25.3 Å². The fourth-order valence-electron chi connectivity index (χ4n) is 2.68. The minimum Gasteiger partial charge on any atom is -0.389 e. The van der Waals surface area contributed by atoms with Crippen molar-refractivity contribution in [2.24, 2.45) is 0 Å². The second-order valence-corrected chi connectivity index (χ2v) is 6.87. The molecule has 0 amide bonds. The minimum atomic E-state index is -0.400. The largest absolute Gasteiger partial charge is 0.389 e. The molecule has 1 aromatic heterocycles. The molecule has 1 saturated carbocycles. The van der Waals surface area contributed by atoms with Crippen LogP contribution in [0.1, 0.15) is 43.9 Å². The number of ether oxygens (including phenoxy) is 1. The van der Waals surface area contributed by atoms with E-state index in [4.69, 9.17) is 4.74 Å². The maximum absolute atomic E-state index is 9.97. The summed E-state index contributed by atoms with van der Waals surface area (Å²) in [6, 6.07) is 4.63. The predicted molar refractivity (Wildman–Crippen MR) is 84.3 cm³/mol. The van der Waals surface area contributed by atoms with Crippen LogP contribution in [0.5, 0.6) is 0 Å². The van der Waals surface area contributed by atoms with Crippen molar-refractivity contribution >= 4 is 11.3 Å². The monoisotopic (exact) mass is 297 g/mol. The molecule has 1 heterocycles. The molecule has 0 aliphatic heterocycles. The van der Waals surface area contributed by atoms with Gasteiger partial charge in [0.25, 0.3) is 0 Å². The Kier molecular flexibility index (Phi) is 7.00. The first-order chi connectivity index (χ1) is 9.74. The first-order valence-electron chi connectivity index (χ1n) is 7.79. The lowest BCUT2D eigenvalue weighted by atomic mass is 9.98. The molecular weight excluding hydrogens is 270 g/mol. The zero-order chi connectivity index (χ0) is 14.2. The Morgan fingerprint density at radius 3 is 2.90 bits per heavy atom. The van der Waals surface area contributed by atoms with Gasteiger partial charge in [-0.25, -0.2) is 0 Å². The molecule has 4 heteroatoms. The van der Waals surface area contributed by atoms with Gasteiger partial charge in [0.15, 0.2) is 0 Å². The molecule has 1 aromatic rings. The molecule has 0 spiro atoms. The first-order valence-corrected chi connectivity index (χ1v) is 8.67. The van der Waals surface area contributed by atoms with E-state index in [1.165, 1.54) is 24.1 Å². The summed E-state index contributed by atoms with van der Waals surface area (Å²) in [5.74, 6) is 0. The topological polar surface area (TPSA) is 41.5 Å². The maximum Gasteiger partial charge on any atom is 0.0897 e. The smallest absolute Gasteiger partial charge is 0.0897 e. The van der Waals surface area contributed by atoms with E-state index < -0.39 is 6.10 Å². The van der Waals surface area contributed by atoms with Crippen LogP contribution >= 0.6 is 11.3 Å². The third kappa shape index (κ3) is 5.92. The molecule has 0 radical (unpaired) electrons. The predicted octanol–water partition coefficient (Wildman–Crippen LogP) is 2.98. The van der Waals surface area contributed by atoms with Crippen LogP contribution in [0.25, 0.3) is 0 Å². The lowest BCUT2D eigenvalue weighted by Gasteiger charge is -2.24. The van der Waals surface area contributed by atoms with Gasteiger partial charge in [0.2, 0.25) is 0 Å². The van der Waals surface area contributed by atoms with Gasteiger partial charge in [-0.1, -0.05) is 25.3 Å². The van der Waals surface area contributed by atoms with Crippen LogP contribution in [0.2, 0.25) is 0 Å². The molecule has 2 N–H and O–H groups in total. The van der Waals surface area contributed by atoms with E-state index >= 15 is 0 Å². The van der Waals surface area contributed by atoms with Gasteiger partial charge in [-0.2, -0.15) is 0 Å². The molecule has 2 unspecified atom stereocenters. The first kappa shape index (κ1) is 16.0. The van der Waals surface area contributed by atoms with Gasteiger partial charge in [0, 0.05) is 17.5 Å². The molecule has 0 saturated heterocycles. The number of rotatable bonds is 8. The molecule has 0 bridgehead atoms. The minimum absolute atomic E-state index is 0.377. The van der Waals surface area contributed by atoms with Crippen molar-refractivity contribution in [2.45, 2.75) is 63.7 Å². The third-order valence-corrected chi connectivity index (χ3v) is 4.76. The Balaban J connectivity index is 1.55. The van der Waals surface area contributed by atoms with Gasteiger partial charge < -0.3 is 15.2 Å². The summed E-state index contributed by atoms with van der Waals surface area (Å²) in [6.45, 7) is 3.23. The quantitative estimate of drug-likeness (QED) is 0.775. The van der Waals surface area contributed by atoms with E-state index in [0.717, 1.165) is 19.3 Å². The molecular formula is C16H27NO2S. The fraction of sp³-hybridized carbons (Fsp3) is 0.750. The number of hydrogen-bond donors (Lipinski definition) is 2. The van der Waals surface area contributed by atoms with Crippen LogP contribution in [0.3, 0.4) is 0 Å². The van der Waals surface area contributed by atoms with Crippen LogP contribution in [0.15, 0.2) is 17.5 Å². The molecule has 1 aliphatic rings. The van der Waals surface area contributed by atoms with Gasteiger partial charge in [0.1, 0.15) is 0 Å². The van der Waals surface area contributed by atoms with Crippen LogP contribution in [-0.4, -0.2) is 36.5 Å². The van der Waals surface area contributed by atoms with Crippen LogP contribution in [0, 0.1) is 0 Å². The van der Waals surface area contributed by atoms with Crippen LogP contribution < -0.4 is 5.32 Å². The lowest BCUT2D eigenvalue weighted by Crippen LogP contribution is -2.37. The average molecular weight is 297 g/mol. The summed E-state index contributed by atoms with van der Waals surface area (Å²) in [5, 5.41) is 15.5. The number of nitrogens with one attached hydrogen (secondary N) is 1. The Labute approximate surface area is 126 Å². The molecule has 2 rings (SSSR count). The Morgan fingerprint density at radius 1 is 1.40 bits per heavy atom. The van der Waals surface area contributed by atoms with Gasteiger partial charge in [-0.15, -0.1) is 11.3 Å². The highest BCUT2D eigenvalue weighted by Crippen LogP contribution is 2.20. The van der Waals surface area contributed by atoms with Gasteiger partial charge in [0.05, 0.1) is 18.8 Å². The molecule has 2 atom stereocenters. The van der Waals surface area contributed by atoms with Crippen molar-refractivity contribution < 1.29 is 9.84 Å². The number of hydrogen-bond acceptors (Lipinski definition) is 4. The van der Waals surface area contributed by atoms with E-state index in [9.17, 15) is 5.11 Å². The molecule has 0 aromatic carbocycles. The summed E-state index contributed by atoms with van der Waals surface area (Å²) < 4.78 is 5.79. The van der Waals surface area contributed by atoms with Crippen molar-refractivity contribution in [1.29, 1.82) is 0 Å². The number of thiophene rings is 1. The number of aliphatic hydroxyl groups is 1. The summed E-state index contributed by atoms with van der Waals surface area (Å²) in [6.07, 6.45) is 7.21. The molecule has 1 aliphatic carbocycles. The summed E-state index contributed by atoms with van der Waals surface area (Å²) >= 11 is 1.79. The summed E-state index contributed by atoms with van der Waals surface area (Å²) in [5.41, 5.74) is 0. The normalized spacial score (nSPS) is 19.9. The van der Waals surface area contributed by atoms with E-state index in [2.05, 4.69) is 29.8 Å². The Morgan fingerprint density at radius 2 is 2.20 bits per heavy atom. The van der Waals surface area contributed by atoms with Gasteiger partial charge in [-0.05, 0) is 37.6 Å². The zero-order valence-corrected chi connectivity index (χ0v) is 13.2. The van der Waals surface area contributed by atoms with Crippen molar-refractivity contribution in [1.82, 2.24) is 5.32 Å². The highest BCUT2D eigenvalue weighted by atomic mass is 32.1. The van der Waals surface area contributed by atoms with Crippen molar-refractivity contribution in [3.05, 3.63) is 22.4 Å².